The summed E-state index contributed by atoms with van der Waals surface area (Å²) in [7, 11) is 0. The third-order valence-electron chi connectivity index (χ3n) is 14.8. The lowest BCUT2D eigenvalue weighted by Crippen LogP contribution is -2.15. The monoisotopic (exact) mass is 916 g/mol. The summed E-state index contributed by atoms with van der Waals surface area (Å²) in [5.41, 5.74) is 12.8. The van der Waals surface area contributed by atoms with Crippen LogP contribution in [0.15, 0.2) is 197 Å². The van der Waals surface area contributed by atoms with Gasteiger partial charge in [-0.3, -0.25) is 9.80 Å². The first-order valence-corrected chi connectivity index (χ1v) is 24.7. The van der Waals surface area contributed by atoms with Crippen LogP contribution < -0.4 is 9.80 Å². The lowest BCUT2D eigenvalue weighted by atomic mass is 9.84. The minimum atomic E-state index is 0.195. The number of furan rings is 2. The zero-order chi connectivity index (χ0) is 47.6. The molecule has 0 spiro atoms. The molecule has 0 aliphatic heterocycles. The molecule has 0 N–H and O–H groups in total. The van der Waals surface area contributed by atoms with Gasteiger partial charge in [0.15, 0.2) is 11.2 Å². The highest BCUT2D eigenvalue weighted by atomic mass is 16.3. The van der Waals surface area contributed by atoms with E-state index in [0.29, 0.717) is 0 Å². The van der Waals surface area contributed by atoms with Crippen LogP contribution in [0.4, 0.5) is 34.4 Å². The summed E-state index contributed by atoms with van der Waals surface area (Å²) in [6, 6.07) is 67.3. The van der Waals surface area contributed by atoms with E-state index in [1.54, 1.807) is 0 Å². The average molecular weight is 917 g/mol. The lowest BCUT2D eigenvalue weighted by molar-refractivity contribution is 0.668. The van der Waals surface area contributed by atoms with Crippen molar-refractivity contribution in [2.24, 2.45) is 0 Å². The van der Waals surface area contributed by atoms with Crippen LogP contribution in [0.25, 0.3) is 98.0 Å². The van der Waals surface area contributed by atoms with Crippen molar-refractivity contribution in [1.82, 2.24) is 9.97 Å². The first-order valence-electron chi connectivity index (χ1n) is 24.7. The third kappa shape index (κ3) is 6.20. The molecule has 0 radical (unpaired) electrons. The minimum Gasteiger partial charge on any atom is -0.454 e. The predicted octanol–water partition coefficient (Wildman–Crippen LogP) is 19.0. The number of aryl methyl sites for hydroxylation is 1. The van der Waals surface area contributed by atoms with Crippen LogP contribution in [0.2, 0.25) is 0 Å². The molecule has 0 amide bonds. The Kier molecular flexibility index (Phi) is 9.09. The molecule has 4 heterocycles. The third-order valence-corrected chi connectivity index (χ3v) is 14.8. The van der Waals surface area contributed by atoms with E-state index in [0.717, 1.165) is 116 Å². The van der Waals surface area contributed by atoms with Gasteiger partial charge in [0, 0.05) is 43.1 Å². The standard InChI is InChI=1S/C65H48N4O2/c1-37(2)50-35-55(68(59-33-26-40-15-6-10-20-52(40)66-59)54-22-14-19-46-42-17-8-12-23-57(42)70-64(46)54)48-31-29-45-51(38(3)4)36-56(49-32-30-44(50)61(48)62(45)49)69(60-34-27-41-16-7-11-21-53(41)67-60)63-39(5)25-28-47-43-18-9-13-24-58(43)71-65(47)63/h6-38H,1-5H3. The zero-order valence-electron chi connectivity index (χ0n) is 40.2. The smallest absolute Gasteiger partial charge is 0.159 e. The first kappa shape index (κ1) is 41.3. The van der Waals surface area contributed by atoms with Gasteiger partial charge in [0.05, 0.1) is 33.8 Å². The van der Waals surface area contributed by atoms with Gasteiger partial charge in [0.2, 0.25) is 0 Å². The van der Waals surface area contributed by atoms with Crippen molar-refractivity contribution < 1.29 is 8.83 Å². The second kappa shape index (κ2) is 15.6. The Morgan fingerprint density at radius 1 is 0.380 bits per heavy atom. The summed E-state index contributed by atoms with van der Waals surface area (Å²) in [5.74, 6) is 2.02. The topological polar surface area (TPSA) is 58.5 Å². The molecule has 6 heteroatoms. The Balaban J connectivity index is 1.12. The van der Waals surface area contributed by atoms with Crippen molar-refractivity contribution in [3.63, 3.8) is 0 Å². The highest BCUT2D eigenvalue weighted by Gasteiger charge is 2.30. The highest BCUT2D eigenvalue weighted by Crippen LogP contribution is 2.53. The molecule has 6 nitrogen and oxygen atoms in total. The molecular weight excluding hydrogens is 869 g/mol. The number of hydrogen-bond acceptors (Lipinski definition) is 6. The van der Waals surface area contributed by atoms with Gasteiger partial charge in [-0.1, -0.05) is 149 Å². The summed E-state index contributed by atoms with van der Waals surface area (Å²) in [6.45, 7) is 11.4. The first-order chi connectivity index (χ1) is 34.8. The van der Waals surface area contributed by atoms with Crippen molar-refractivity contribution in [3.05, 3.63) is 205 Å². The largest absolute Gasteiger partial charge is 0.454 e. The summed E-state index contributed by atoms with van der Waals surface area (Å²) >= 11 is 0. The van der Waals surface area contributed by atoms with Gasteiger partial charge in [-0.15, -0.1) is 0 Å². The summed E-state index contributed by atoms with van der Waals surface area (Å²) in [6.07, 6.45) is 0. The zero-order valence-corrected chi connectivity index (χ0v) is 40.2. The summed E-state index contributed by atoms with van der Waals surface area (Å²) < 4.78 is 13.8. The van der Waals surface area contributed by atoms with Gasteiger partial charge in [-0.25, -0.2) is 9.97 Å². The number of para-hydroxylation sites is 5. The molecule has 0 saturated carbocycles. The molecule has 71 heavy (non-hydrogen) atoms. The van der Waals surface area contributed by atoms with E-state index < -0.39 is 0 Å². The molecule has 0 bridgehead atoms. The normalized spacial score (nSPS) is 12.3. The molecule has 10 aromatic carbocycles. The number of aromatic nitrogens is 2. The SMILES string of the molecule is Cc1ccc2c(oc3ccccc32)c1N(c1ccc2ccccc2n1)c1cc(C(C)C)c2ccc3c(N(c4ccc5ccccc5n4)c4cccc5c4oc4ccccc45)cc(C(C)C)c4ccc1c2c43. The Morgan fingerprint density at radius 3 is 1.44 bits per heavy atom. The van der Waals surface area contributed by atoms with Gasteiger partial charge in [-0.2, -0.15) is 0 Å². The highest BCUT2D eigenvalue weighted by molar-refractivity contribution is 6.30. The van der Waals surface area contributed by atoms with Crippen molar-refractivity contribution in [2.75, 3.05) is 9.80 Å². The molecule has 0 atom stereocenters. The van der Waals surface area contributed by atoms with Crippen LogP contribution in [0.1, 0.15) is 56.2 Å². The van der Waals surface area contributed by atoms with Crippen LogP contribution in [0.5, 0.6) is 0 Å². The Morgan fingerprint density at radius 2 is 0.845 bits per heavy atom. The fourth-order valence-electron chi connectivity index (χ4n) is 11.5. The van der Waals surface area contributed by atoms with E-state index in [1.165, 1.54) is 32.7 Å². The molecule has 0 aliphatic carbocycles. The molecular formula is C65H48N4O2. The Labute approximate surface area is 410 Å². The average Bonchev–Trinajstić information content (AvgIpc) is 3.98. The van der Waals surface area contributed by atoms with E-state index in [2.05, 4.69) is 220 Å². The molecule has 14 aromatic rings. The van der Waals surface area contributed by atoms with Crippen LogP contribution in [0, 0.1) is 6.92 Å². The van der Waals surface area contributed by atoms with Gasteiger partial charge >= 0.3 is 0 Å². The molecule has 14 rings (SSSR count). The van der Waals surface area contributed by atoms with Crippen molar-refractivity contribution in [3.8, 4) is 0 Å². The molecule has 0 unspecified atom stereocenters. The number of nitrogens with zero attached hydrogens (tertiary/aromatic N) is 4. The fourth-order valence-corrected chi connectivity index (χ4v) is 11.5. The van der Waals surface area contributed by atoms with Crippen LogP contribution >= 0.6 is 0 Å². The number of pyridine rings is 2. The second-order valence-corrected chi connectivity index (χ2v) is 19.7. The lowest BCUT2D eigenvalue weighted by Gasteiger charge is -2.31. The van der Waals surface area contributed by atoms with Gasteiger partial charge in [-0.05, 0) is 124 Å². The van der Waals surface area contributed by atoms with Gasteiger partial charge in [0.25, 0.3) is 0 Å². The van der Waals surface area contributed by atoms with Gasteiger partial charge in [0.1, 0.15) is 22.8 Å². The number of hydrogen-bond donors (Lipinski definition) is 0. The van der Waals surface area contributed by atoms with E-state index >= 15 is 0 Å². The van der Waals surface area contributed by atoms with E-state index in [9.17, 15) is 0 Å². The second-order valence-electron chi connectivity index (χ2n) is 19.7. The quantitative estimate of drug-likeness (QED) is 0.142. The Bertz CT molecular complexity index is 4460. The summed E-state index contributed by atoms with van der Waals surface area (Å²) in [5, 5.41) is 13.7. The number of benzene rings is 10. The maximum absolute atomic E-state index is 6.93. The molecule has 0 saturated heterocycles. The minimum absolute atomic E-state index is 0.195. The Hall–Kier alpha value is -8.74. The molecule has 0 aliphatic rings. The van der Waals surface area contributed by atoms with Crippen molar-refractivity contribution in [2.45, 2.75) is 46.5 Å². The molecule has 340 valence electrons. The maximum Gasteiger partial charge on any atom is 0.159 e. The van der Waals surface area contributed by atoms with E-state index in [4.69, 9.17) is 18.8 Å². The maximum atomic E-state index is 6.93. The van der Waals surface area contributed by atoms with Crippen molar-refractivity contribution in [1.29, 1.82) is 0 Å². The molecule has 4 aromatic heterocycles. The van der Waals surface area contributed by atoms with Crippen LogP contribution in [-0.4, -0.2) is 9.97 Å². The van der Waals surface area contributed by atoms with E-state index in [1.807, 2.05) is 12.1 Å². The van der Waals surface area contributed by atoms with Crippen LogP contribution in [0.3, 0.4) is 0 Å². The van der Waals surface area contributed by atoms with Crippen molar-refractivity contribution >= 4 is 132 Å². The number of anilines is 6. The predicted molar refractivity (Wildman–Crippen MR) is 298 cm³/mol. The number of rotatable bonds is 8. The van der Waals surface area contributed by atoms with Crippen LogP contribution in [-0.2, 0) is 0 Å². The van der Waals surface area contributed by atoms with E-state index in [-0.39, 0.29) is 11.8 Å². The fraction of sp³-hybridized carbons (Fsp3) is 0.108. The number of fused-ring (bicyclic) bond motifs is 8. The molecule has 0 fully saturated rings. The summed E-state index contributed by atoms with van der Waals surface area (Å²) in [4.78, 5) is 15.6. The van der Waals surface area contributed by atoms with Gasteiger partial charge < -0.3 is 8.83 Å².